The monoisotopic (exact) mass is 388 g/mol. The van der Waals surface area contributed by atoms with Gasteiger partial charge < -0.3 is 24.4 Å². The molecule has 0 saturated heterocycles. The highest BCUT2D eigenvalue weighted by molar-refractivity contribution is 5.99. The molecule has 1 amide bonds. The molecule has 8 nitrogen and oxygen atoms in total. The van der Waals surface area contributed by atoms with Crippen molar-refractivity contribution < 1.29 is 28.6 Å². The summed E-state index contributed by atoms with van der Waals surface area (Å²) >= 11 is 0. The number of ether oxygens (including phenoxy) is 3. The van der Waals surface area contributed by atoms with Crippen LogP contribution in [0, 0.1) is 0 Å². The predicted octanol–water partition coefficient (Wildman–Crippen LogP) is 2.33. The van der Waals surface area contributed by atoms with Crippen molar-refractivity contribution in [2.75, 3.05) is 28.3 Å². The number of amides is 1. The number of nitrogens with zero attached hydrogens (tertiary/aromatic N) is 1. The molecule has 0 unspecified atom stereocenters. The van der Waals surface area contributed by atoms with E-state index in [0.717, 1.165) is 0 Å². The lowest BCUT2D eigenvalue weighted by molar-refractivity contribution is -0.137. The maximum absolute atomic E-state index is 12.5. The molecule has 1 heterocycles. The minimum Gasteiger partial charge on any atom is -0.466 e. The molecule has 1 aliphatic heterocycles. The van der Waals surface area contributed by atoms with Crippen LogP contribution in [0.1, 0.15) is 25.3 Å². The van der Waals surface area contributed by atoms with Crippen LogP contribution in [0.5, 0.6) is 5.75 Å². The quantitative estimate of drug-likeness (QED) is 0.791. The minimum absolute atomic E-state index is 0.282. The van der Waals surface area contributed by atoms with Crippen LogP contribution >= 0.6 is 0 Å². The van der Waals surface area contributed by atoms with Crippen LogP contribution in [0.25, 0.3) is 0 Å². The molecule has 1 aromatic carbocycles. The van der Waals surface area contributed by atoms with Gasteiger partial charge >= 0.3 is 18.0 Å². The van der Waals surface area contributed by atoms with E-state index < -0.39 is 23.9 Å². The summed E-state index contributed by atoms with van der Waals surface area (Å²) in [5, 5.41) is 3.04. The molecule has 1 aliphatic rings. The maximum Gasteiger partial charge on any atom is 0.414 e. The Morgan fingerprint density at radius 3 is 1.96 bits per heavy atom. The first kappa shape index (κ1) is 21.0. The molecular weight excluding hydrogens is 364 g/mol. The van der Waals surface area contributed by atoms with E-state index in [9.17, 15) is 14.4 Å². The van der Waals surface area contributed by atoms with Crippen molar-refractivity contribution in [3.63, 3.8) is 0 Å². The number of dihydropyridines is 1. The van der Waals surface area contributed by atoms with Crippen molar-refractivity contribution in [1.82, 2.24) is 10.2 Å². The molecular formula is C20H24N2O6. The normalized spacial score (nSPS) is 14.4. The highest BCUT2D eigenvalue weighted by atomic mass is 16.6. The van der Waals surface area contributed by atoms with Crippen molar-refractivity contribution in [1.29, 1.82) is 0 Å². The van der Waals surface area contributed by atoms with Crippen molar-refractivity contribution in [2.24, 2.45) is 0 Å². The Labute approximate surface area is 163 Å². The SMILES string of the molecule is COC(=O)C1=C(C)NC(C)=C(C(=O)OC)C1c1cccc(OC(=O)N(C)C)c1. The Morgan fingerprint density at radius 1 is 0.964 bits per heavy atom. The molecule has 0 aliphatic carbocycles. The van der Waals surface area contributed by atoms with E-state index in [1.54, 1.807) is 52.2 Å². The molecule has 0 fully saturated rings. The standard InChI is InChI=1S/C20H24N2O6/c1-11-15(18(23)26-5)17(16(12(2)21-11)19(24)27-6)13-8-7-9-14(10-13)28-20(25)22(3)4/h7-10,17,21H,1-6H3. The Morgan fingerprint density at radius 2 is 1.50 bits per heavy atom. The van der Waals surface area contributed by atoms with Crippen molar-refractivity contribution >= 4 is 18.0 Å². The molecule has 28 heavy (non-hydrogen) atoms. The topological polar surface area (TPSA) is 94.2 Å². The van der Waals surface area contributed by atoms with E-state index in [1.165, 1.54) is 19.1 Å². The second-order valence-electron chi connectivity index (χ2n) is 6.45. The smallest absolute Gasteiger partial charge is 0.414 e. The number of methoxy groups -OCH3 is 2. The lowest BCUT2D eigenvalue weighted by Crippen LogP contribution is -2.32. The zero-order valence-electron chi connectivity index (χ0n) is 16.8. The molecule has 0 spiro atoms. The van der Waals surface area contributed by atoms with Gasteiger partial charge in [0.1, 0.15) is 5.75 Å². The fraction of sp³-hybridized carbons (Fsp3) is 0.350. The first-order valence-electron chi connectivity index (χ1n) is 8.55. The minimum atomic E-state index is -0.737. The summed E-state index contributed by atoms with van der Waals surface area (Å²) < 4.78 is 15.2. The third kappa shape index (κ3) is 4.16. The number of hydrogen-bond acceptors (Lipinski definition) is 7. The van der Waals surface area contributed by atoms with E-state index in [4.69, 9.17) is 14.2 Å². The van der Waals surface area contributed by atoms with Gasteiger partial charge in [0, 0.05) is 25.5 Å². The fourth-order valence-corrected chi connectivity index (χ4v) is 3.04. The van der Waals surface area contributed by atoms with Crippen LogP contribution in [0.3, 0.4) is 0 Å². The lowest BCUT2D eigenvalue weighted by Gasteiger charge is -2.30. The van der Waals surface area contributed by atoms with Gasteiger partial charge in [0.05, 0.1) is 31.3 Å². The van der Waals surface area contributed by atoms with E-state index in [1.807, 2.05) is 0 Å². The molecule has 8 heteroatoms. The molecule has 0 aromatic heterocycles. The molecule has 1 aromatic rings. The Hall–Kier alpha value is -3.29. The van der Waals surface area contributed by atoms with Crippen LogP contribution in [-0.2, 0) is 19.1 Å². The molecule has 0 atom stereocenters. The molecule has 1 N–H and O–H groups in total. The van der Waals surface area contributed by atoms with E-state index in [-0.39, 0.29) is 11.1 Å². The second-order valence-corrected chi connectivity index (χ2v) is 6.45. The summed E-state index contributed by atoms with van der Waals surface area (Å²) in [6.45, 7) is 3.46. The first-order valence-corrected chi connectivity index (χ1v) is 8.55. The third-order valence-corrected chi connectivity index (χ3v) is 4.33. The van der Waals surface area contributed by atoms with Gasteiger partial charge in [-0.15, -0.1) is 0 Å². The van der Waals surface area contributed by atoms with Crippen molar-refractivity contribution in [3.8, 4) is 5.75 Å². The van der Waals surface area contributed by atoms with Crippen molar-refractivity contribution in [2.45, 2.75) is 19.8 Å². The number of allylic oxidation sites excluding steroid dienone is 2. The second kappa shape index (κ2) is 8.60. The maximum atomic E-state index is 12.5. The third-order valence-electron chi connectivity index (χ3n) is 4.33. The summed E-state index contributed by atoms with van der Waals surface area (Å²) in [7, 11) is 5.69. The molecule has 0 saturated carbocycles. The molecule has 150 valence electrons. The van der Waals surface area contributed by atoms with Gasteiger partial charge in [-0.3, -0.25) is 0 Å². The van der Waals surface area contributed by atoms with Crippen LogP contribution in [0.2, 0.25) is 0 Å². The number of carbonyl (C=O) groups is 3. The van der Waals surface area contributed by atoms with Gasteiger partial charge in [-0.1, -0.05) is 12.1 Å². The van der Waals surface area contributed by atoms with Gasteiger partial charge in [-0.25, -0.2) is 14.4 Å². The van der Waals surface area contributed by atoms with Gasteiger partial charge in [-0.05, 0) is 31.5 Å². The van der Waals surface area contributed by atoms with E-state index in [0.29, 0.717) is 22.7 Å². The average molecular weight is 388 g/mol. The largest absolute Gasteiger partial charge is 0.466 e. The Bertz CT molecular complexity index is 831. The number of carbonyl (C=O) groups excluding carboxylic acids is 3. The number of hydrogen-bond donors (Lipinski definition) is 1. The van der Waals surface area contributed by atoms with Gasteiger partial charge in [-0.2, -0.15) is 0 Å². The molecule has 2 rings (SSSR count). The zero-order valence-corrected chi connectivity index (χ0v) is 16.8. The van der Waals surface area contributed by atoms with Gasteiger partial charge in [0.15, 0.2) is 0 Å². The lowest BCUT2D eigenvalue weighted by atomic mass is 9.80. The summed E-state index contributed by atoms with van der Waals surface area (Å²) in [6, 6.07) is 6.66. The summed E-state index contributed by atoms with van der Waals surface area (Å²) in [5.74, 6) is -1.59. The number of rotatable bonds is 4. The van der Waals surface area contributed by atoms with Crippen LogP contribution < -0.4 is 10.1 Å². The van der Waals surface area contributed by atoms with E-state index >= 15 is 0 Å². The summed E-state index contributed by atoms with van der Waals surface area (Å²) in [6.07, 6.45) is -0.540. The number of esters is 2. The average Bonchev–Trinajstić information content (AvgIpc) is 2.66. The van der Waals surface area contributed by atoms with Gasteiger partial charge in [0.25, 0.3) is 0 Å². The fourth-order valence-electron chi connectivity index (χ4n) is 3.04. The Balaban J connectivity index is 2.61. The summed E-state index contributed by atoms with van der Waals surface area (Å²) in [5.41, 5.74) is 2.29. The van der Waals surface area contributed by atoms with Crippen LogP contribution in [0.4, 0.5) is 4.79 Å². The van der Waals surface area contributed by atoms with E-state index in [2.05, 4.69) is 5.32 Å². The highest BCUT2D eigenvalue weighted by Gasteiger charge is 2.37. The number of nitrogens with one attached hydrogen (secondary N) is 1. The highest BCUT2D eigenvalue weighted by Crippen LogP contribution is 2.40. The zero-order chi connectivity index (χ0) is 21.0. The Kier molecular flexibility index (Phi) is 6.45. The number of benzene rings is 1. The van der Waals surface area contributed by atoms with Gasteiger partial charge in [0.2, 0.25) is 0 Å². The predicted molar refractivity (Wildman–Crippen MR) is 101 cm³/mol. The molecule has 0 bridgehead atoms. The first-order chi connectivity index (χ1) is 13.2. The van der Waals surface area contributed by atoms with Crippen molar-refractivity contribution in [3.05, 3.63) is 52.4 Å². The van der Waals surface area contributed by atoms with Crippen LogP contribution in [-0.4, -0.2) is 51.2 Å². The van der Waals surface area contributed by atoms with Crippen LogP contribution in [0.15, 0.2) is 46.8 Å². The summed E-state index contributed by atoms with van der Waals surface area (Å²) in [4.78, 5) is 38.1. The molecule has 0 radical (unpaired) electrons.